The molecule has 1 saturated heterocycles. The first-order valence-corrected chi connectivity index (χ1v) is 12.5. The van der Waals surface area contributed by atoms with Gasteiger partial charge in [-0.25, -0.2) is 19.3 Å². The molecule has 2 atom stereocenters. The molecule has 5 rings (SSSR count). The monoisotopic (exact) mass is 457 g/mol. The van der Waals surface area contributed by atoms with Gasteiger partial charge < -0.3 is 15.3 Å². The summed E-state index contributed by atoms with van der Waals surface area (Å²) in [4.78, 5) is 28.9. The number of rotatable bonds is 4. The van der Waals surface area contributed by atoms with E-state index in [0.717, 1.165) is 30.0 Å². The van der Waals surface area contributed by atoms with Gasteiger partial charge in [-0.1, -0.05) is 11.4 Å². The van der Waals surface area contributed by atoms with Crippen molar-refractivity contribution >= 4 is 36.7 Å². The first-order chi connectivity index (χ1) is 15.1. The molecule has 3 aromatic heterocycles. The molecule has 8 nitrogen and oxygen atoms in total. The van der Waals surface area contributed by atoms with Gasteiger partial charge >= 0.3 is 0 Å². The summed E-state index contributed by atoms with van der Waals surface area (Å²) in [5.41, 5.74) is 2.21. The van der Waals surface area contributed by atoms with Gasteiger partial charge in [-0.2, -0.15) is 0 Å². The van der Waals surface area contributed by atoms with Crippen LogP contribution in [-0.4, -0.2) is 49.3 Å². The number of amides is 1. The van der Waals surface area contributed by atoms with E-state index < -0.39 is 0 Å². The van der Waals surface area contributed by atoms with Crippen LogP contribution in [0.5, 0.6) is 0 Å². The summed E-state index contributed by atoms with van der Waals surface area (Å²) >= 11 is 1.59. The Hall–Kier alpha value is -2.71. The number of fused-ring (bicyclic) bond motifs is 1. The van der Waals surface area contributed by atoms with E-state index in [4.69, 9.17) is 0 Å². The molecule has 5 heterocycles. The fraction of sp³-hybridized carbons (Fsp3) is 0.300. The van der Waals surface area contributed by atoms with Gasteiger partial charge in [-0.15, -0.1) is 0 Å². The minimum Gasteiger partial charge on any atom is -0.365 e. The number of pyridine rings is 1. The number of hydrogen-bond acceptors (Lipinski definition) is 7. The van der Waals surface area contributed by atoms with E-state index in [1.807, 2.05) is 11.8 Å². The summed E-state index contributed by atoms with van der Waals surface area (Å²) in [5.74, 6) is 0.878. The van der Waals surface area contributed by atoms with Crippen molar-refractivity contribution in [2.75, 3.05) is 18.4 Å². The minimum absolute atomic E-state index is 0.0997. The molecule has 2 aliphatic heterocycles. The van der Waals surface area contributed by atoms with Crippen LogP contribution in [-0.2, 0) is 4.79 Å². The third-order valence-electron chi connectivity index (χ3n) is 5.34. The summed E-state index contributed by atoms with van der Waals surface area (Å²) in [6.45, 7) is 3.34. The molecule has 160 valence electrons. The third-order valence-corrected chi connectivity index (χ3v) is 7.83. The van der Waals surface area contributed by atoms with Gasteiger partial charge in [0.15, 0.2) is 5.82 Å². The zero-order valence-electron chi connectivity index (χ0n) is 16.8. The highest BCUT2D eigenvalue weighted by atomic mass is 32.7. The number of piperidine rings is 1. The van der Waals surface area contributed by atoms with Crippen molar-refractivity contribution in [1.82, 2.24) is 29.3 Å². The van der Waals surface area contributed by atoms with Crippen LogP contribution in [0.25, 0.3) is 17.2 Å². The molecule has 11 heteroatoms. The zero-order valence-corrected chi connectivity index (χ0v) is 18.6. The van der Waals surface area contributed by atoms with Gasteiger partial charge in [0.05, 0.1) is 11.1 Å². The average molecular weight is 457 g/mol. The first kappa shape index (κ1) is 20.2. The Morgan fingerprint density at radius 1 is 1.35 bits per heavy atom. The molecule has 2 N–H and O–H groups in total. The molecular formula is C20H21FN7OPS. The lowest BCUT2D eigenvalue weighted by Gasteiger charge is -2.33. The molecule has 0 saturated carbocycles. The Labute approximate surface area is 184 Å². The molecule has 2 unspecified atom stereocenters. The molecule has 0 radical (unpaired) electrons. The van der Waals surface area contributed by atoms with E-state index in [0.29, 0.717) is 37.5 Å². The van der Waals surface area contributed by atoms with Gasteiger partial charge in [0.25, 0.3) is 5.91 Å². The van der Waals surface area contributed by atoms with Crippen molar-refractivity contribution in [2.24, 2.45) is 0 Å². The van der Waals surface area contributed by atoms with Gasteiger partial charge in [0.2, 0.25) is 0 Å². The molecule has 2 aliphatic rings. The highest BCUT2D eigenvalue weighted by molar-refractivity contribution is 8.52. The number of imidazole rings is 1. The molecule has 31 heavy (non-hydrogen) atoms. The second kappa shape index (κ2) is 8.43. The molecular weight excluding hydrogens is 436 g/mol. The molecule has 1 fully saturated rings. The number of anilines is 1. The number of hydrogen-bond donors (Lipinski definition) is 2. The van der Waals surface area contributed by atoms with Crippen molar-refractivity contribution in [3.8, 4) is 11.5 Å². The number of nitrogens with zero attached hydrogens (tertiary/aromatic N) is 5. The number of nitrogens with one attached hydrogen (secondary N) is 2. The second-order valence-corrected chi connectivity index (χ2v) is 9.79. The number of carbonyl (C=O) groups excluding carboxylic acids is 1. The summed E-state index contributed by atoms with van der Waals surface area (Å²) in [5, 5.41) is 6.68. The lowest BCUT2D eigenvalue weighted by molar-refractivity contribution is -0.127. The largest absolute Gasteiger partial charge is 0.365 e. The van der Waals surface area contributed by atoms with Crippen LogP contribution in [0.4, 0.5) is 10.2 Å². The summed E-state index contributed by atoms with van der Waals surface area (Å²) in [6, 6.07) is 4.89. The quantitative estimate of drug-likeness (QED) is 0.581. The lowest BCUT2D eigenvalue weighted by Crippen LogP contribution is -2.45. The number of likely N-dealkylation sites (tertiary alicyclic amines) is 1. The zero-order chi connectivity index (χ0) is 21.4. The van der Waals surface area contributed by atoms with Gasteiger partial charge in [0, 0.05) is 45.2 Å². The van der Waals surface area contributed by atoms with Crippen molar-refractivity contribution < 1.29 is 9.18 Å². The topological polar surface area (TPSA) is 87.5 Å². The number of aromatic nitrogens is 4. The van der Waals surface area contributed by atoms with Crippen LogP contribution in [0.15, 0.2) is 47.4 Å². The Kier molecular flexibility index (Phi) is 5.50. The highest BCUT2D eigenvalue weighted by Gasteiger charge is 2.29. The maximum atomic E-state index is 13.7. The molecule has 0 bridgehead atoms. The fourth-order valence-electron chi connectivity index (χ4n) is 3.81. The standard InChI is InChI=1S/C20H21FN7OPS/c1-12-18(31-30-26-12)20(29)27-8-2-3-14(11-27)24-16-6-7-22-19(25-16)15-9-23-17-5-4-13(21)10-28(15)17/h4-7,9-10,14,26,30H,2-3,8,11H2,1H3,(H,22,24,25). The maximum Gasteiger partial charge on any atom is 0.262 e. The van der Waals surface area contributed by atoms with Gasteiger partial charge in [-0.05, 0) is 38.0 Å². The van der Waals surface area contributed by atoms with Crippen molar-refractivity contribution in [3.63, 3.8) is 0 Å². The van der Waals surface area contributed by atoms with Crippen LogP contribution in [0.3, 0.4) is 0 Å². The summed E-state index contributed by atoms with van der Waals surface area (Å²) in [6.07, 6.45) is 6.57. The maximum absolute atomic E-state index is 13.7. The fourth-order valence-corrected chi connectivity index (χ4v) is 6.39. The smallest absolute Gasteiger partial charge is 0.262 e. The van der Waals surface area contributed by atoms with Crippen molar-refractivity contribution in [2.45, 2.75) is 25.8 Å². The normalized spacial score (nSPS) is 19.8. The van der Waals surface area contributed by atoms with Crippen LogP contribution in [0.2, 0.25) is 0 Å². The van der Waals surface area contributed by atoms with E-state index in [2.05, 4.69) is 25.4 Å². The Morgan fingerprint density at radius 3 is 3.10 bits per heavy atom. The summed E-state index contributed by atoms with van der Waals surface area (Å²) in [7, 11) is 0.509. The van der Waals surface area contributed by atoms with Crippen LogP contribution >= 0.6 is 19.3 Å². The third kappa shape index (κ3) is 4.09. The molecule has 0 aromatic carbocycles. The van der Waals surface area contributed by atoms with E-state index in [1.165, 1.54) is 12.3 Å². The lowest BCUT2D eigenvalue weighted by atomic mass is 10.1. The Bertz CT molecular complexity index is 1180. The van der Waals surface area contributed by atoms with Gasteiger partial charge in [0.1, 0.15) is 23.0 Å². The molecule has 0 aliphatic carbocycles. The van der Waals surface area contributed by atoms with Crippen molar-refractivity contribution in [3.05, 3.63) is 53.2 Å². The Morgan fingerprint density at radius 2 is 2.26 bits per heavy atom. The van der Waals surface area contributed by atoms with E-state index in [-0.39, 0.29) is 17.8 Å². The predicted octanol–water partition coefficient (Wildman–Crippen LogP) is 3.41. The highest BCUT2D eigenvalue weighted by Crippen LogP contribution is 2.43. The summed E-state index contributed by atoms with van der Waals surface area (Å²) < 4.78 is 15.3. The Balaban J connectivity index is 1.33. The number of halogens is 1. The second-order valence-electron chi connectivity index (χ2n) is 7.50. The van der Waals surface area contributed by atoms with E-state index in [9.17, 15) is 9.18 Å². The molecule has 0 spiro atoms. The van der Waals surface area contributed by atoms with Crippen LogP contribution < -0.4 is 10.4 Å². The molecule has 3 aromatic rings. The average Bonchev–Trinajstić information content (AvgIpc) is 3.39. The minimum atomic E-state index is -0.352. The first-order valence-electron chi connectivity index (χ1n) is 9.99. The van der Waals surface area contributed by atoms with E-state index >= 15 is 0 Å². The van der Waals surface area contributed by atoms with Crippen molar-refractivity contribution in [1.29, 1.82) is 0 Å². The number of allylic oxidation sites excluding steroid dienone is 1. The van der Waals surface area contributed by atoms with Crippen LogP contribution in [0.1, 0.15) is 19.8 Å². The SMILES string of the molecule is CC1=C(C(=O)N2CCCC(Nc3ccnc(-c4cnc5ccc(F)cn45)n3)C2)SPN1. The number of carbonyl (C=O) groups is 1. The van der Waals surface area contributed by atoms with E-state index in [1.54, 1.807) is 40.3 Å². The molecule has 1 amide bonds. The van der Waals surface area contributed by atoms with Gasteiger partial charge in [-0.3, -0.25) is 9.20 Å². The van der Waals surface area contributed by atoms with Crippen LogP contribution in [0, 0.1) is 5.82 Å². The predicted molar refractivity (Wildman–Crippen MR) is 121 cm³/mol.